The van der Waals surface area contributed by atoms with Gasteiger partial charge in [0, 0.05) is 24.8 Å². The first-order valence-corrected chi connectivity index (χ1v) is 6.52. The third-order valence-electron chi connectivity index (χ3n) is 3.83. The summed E-state index contributed by atoms with van der Waals surface area (Å²) in [6.45, 7) is 3.96. The average molecular weight is 247 g/mol. The molecule has 0 saturated carbocycles. The summed E-state index contributed by atoms with van der Waals surface area (Å²) >= 11 is 0. The maximum Gasteiger partial charge on any atom is 0.250 e. The molecule has 0 aromatic heterocycles. The predicted molar refractivity (Wildman–Crippen MR) is 73.5 cm³/mol. The van der Waals surface area contributed by atoms with Crippen LogP contribution in [-0.4, -0.2) is 25.0 Å². The van der Waals surface area contributed by atoms with Gasteiger partial charge in [0.15, 0.2) is 0 Å². The standard InChI is InChI=1S/C14H21N3O/c1-2-10-9-17(8-7-12(10)15)13-6-4-3-5-11(13)14(16)18/h3-6,10,12H,2,7-9,15H2,1H3,(H2,16,18). The van der Waals surface area contributed by atoms with Gasteiger partial charge in [-0.3, -0.25) is 4.79 Å². The number of rotatable bonds is 3. The number of anilines is 1. The fraction of sp³-hybridized carbons (Fsp3) is 0.500. The molecule has 1 saturated heterocycles. The Kier molecular flexibility index (Phi) is 3.87. The first kappa shape index (κ1) is 12.9. The number of primary amides is 1. The number of piperidine rings is 1. The van der Waals surface area contributed by atoms with Crippen LogP contribution in [0.4, 0.5) is 5.69 Å². The first-order chi connectivity index (χ1) is 8.63. The fourth-order valence-electron chi connectivity index (χ4n) is 2.66. The van der Waals surface area contributed by atoms with Gasteiger partial charge in [-0.05, 0) is 24.5 Å². The molecule has 0 bridgehead atoms. The molecule has 1 amide bonds. The van der Waals surface area contributed by atoms with Gasteiger partial charge < -0.3 is 16.4 Å². The zero-order valence-electron chi connectivity index (χ0n) is 10.8. The number of amides is 1. The topological polar surface area (TPSA) is 72.3 Å². The van der Waals surface area contributed by atoms with E-state index in [0.717, 1.165) is 31.6 Å². The molecule has 98 valence electrons. The maximum atomic E-state index is 11.5. The second-order valence-corrected chi connectivity index (χ2v) is 4.95. The van der Waals surface area contributed by atoms with E-state index in [4.69, 9.17) is 11.5 Å². The summed E-state index contributed by atoms with van der Waals surface area (Å²) < 4.78 is 0. The number of carbonyl (C=O) groups is 1. The Bertz CT molecular complexity index is 433. The Morgan fingerprint density at radius 1 is 1.44 bits per heavy atom. The fourth-order valence-corrected chi connectivity index (χ4v) is 2.66. The molecule has 1 aliphatic rings. The molecule has 1 aliphatic heterocycles. The quantitative estimate of drug-likeness (QED) is 0.847. The van der Waals surface area contributed by atoms with Crippen LogP contribution in [0.25, 0.3) is 0 Å². The van der Waals surface area contributed by atoms with Gasteiger partial charge in [0.05, 0.1) is 5.56 Å². The summed E-state index contributed by atoms with van der Waals surface area (Å²) in [4.78, 5) is 13.7. The van der Waals surface area contributed by atoms with Crippen LogP contribution >= 0.6 is 0 Å². The zero-order chi connectivity index (χ0) is 13.1. The molecule has 4 heteroatoms. The average Bonchev–Trinajstić information content (AvgIpc) is 2.39. The van der Waals surface area contributed by atoms with Gasteiger partial charge in [-0.15, -0.1) is 0 Å². The summed E-state index contributed by atoms with van der Waals surface area (Å²) in [6.07, 6.45) is 2.03. The van der Waals surface area contributed by atoms with E-state index >= 15 is 0 Å². The van der Waals surface area contributed by atoms with Crippen LogP contribution in [0.3, 0.4) is 0 Å². The molecule has 2 unspecified atom stereocenters. The van der Waals surface area contributed by atoms with E-state index in [1.807, 2.05) is 18.2 Å². The molecule has 0 aliphatic carbocycles. The number of carbonyl (C=O) groups excluding carboxylic acids is 1. The van der Waals surface area contributed by atoms with E-state index in [1.165, 1.54) is 0 Å². The Morgan fingerprint density at radius 2 is 2.17 bits per heavy atom. The highest BCUT2D eigenvalue weighted by atomic mass is 16.1. The predicted octanol–water partition coefficient (Wildman–Crippen LogP) is 1.35. The van der Waals surface area contributed by atoms with Crippen molar-refractivity contribution in [1.82, 2.24) is 0 Å². The van der Waals surface area contributed by atoms with Gasteiger partial charge >= 0.3 is 0 Å². The number of hydrogen-bond acceptors (Lipinski definition) is 3. The van der Waals surface area contributed by atoms with E-state index in [-0.39, 0.29) is 11.9 Å². The zero-order valence-corrected chi connectivity index (χ0v) is 10.8. The first-order valence-electron chi connectivity index (χ1n) is 6.52. The summed E-state index contributed by atoms with van der Waals surface area (Å²) in [5.41, 5.74) is 13.1. The van der Waals surface area contributed by atoms with E-state index in [0.29, 0.717) is 11.5 Å². The number of nitrogens with zero attached hydrogens (tertiary/aromatic N) is 1. The number of nitrogens with two attached hydrogens (primary N) is 2. The second kappa shape index (κ2) is 5.40. The van der Waals surface area contributed by atoms with Gasteiger partial charge in [-0.1, -0.05) is 25.5 Å². The van der Waals surface area contributed by atoms with Gasteiger partial charge in [0.25, 0.3) is 5.91 Å². The molecular weight excluding hydrogens is 226 g/mol. The van der Waals surface area contributed by atoms with Crippen molar-refractivity contribution < 1.29 is 4.79 Å². The van der Waals surface area contributed by atoms with Crippen LogP contribution in [-0.2, 0) is 0 Å². The highest BCUT2D eigenvalue weighted by molar-refractivity contribution is 5.98. The van der Waals surface area contributed by atoms with Crippen LogP contribution in [0.5, 0.6) is 0 Å². The lowest BCUT2D eigenvalue weighted by atomic mass is 9.90. The van der Waals surface area contributed by atoms with E-state index in [9.17, 15) is 4.79 Å². The number of hydrogen-bond donors (Lipinski definition) is 2. The molecule has 2 rings (SSSR count). The normalized spacial score (nSPS) is 24.0. The van der Waals surface area contributed by atoms with Crippen molar-refractivity contribution in [3.8, 4) is 0 Å². The highest BCUT2D eigenvalue weighted by Crippen LogP contribution is 2.26. The largest absolute Gasteiger partial charge is 0.370 e. The van der Waals surface area contributed by atoms with E-state index in [2.05, 4.69) is 11.8 Å². The summed E-state index contributed by atoms with van der Waals surface area (Å²) in [5, 5.41) is 0. The maximum absolute atomic E-state index is 11.5. The monoisotopic (exact) mass is 247 g/mol. The van der Waals surface area contributed by atoms with Gasteiger partial charge in [0.1, 0.15) is 0 Å². The Balaban J connectivity index is 2.24. The van der Waals surface area contributed by atoms with Crippen molar-refractivity contribution >= 4 is 11.6 Å². The SMILES string of the molecule is CCC1CN(c2ccccc2C(N)=O)CCC1N. The highest BCUT2D eigenvalue weighted by Gasteiger charge is 2.26. The molecule has 1 heterocycles. The third-order valence-corrected chi connectivity index (χ3v) is 3.83. The molecule has 0 radical (unpaired) electrons. The lowest BCUT2D eigenvalue weighted by molar-refractivity contribution is 0.100. The molecule has 1 fully saturated rings. The summed E-state index contributed by atoms with van der Waals surface area (Å²) in [6, 6.07) is 7.80. The van der Waals surface area contributed by atoms with Crippen LogP contribution in [0.1, 0.15) is 30.1 Å². The minimum atomic E-state index is -0.367. The van der Waals surface area contributed by atoms with Crippen molar-refractivity contribution in [1.29, 1.82) is 0 Å². The molecule has 4 N–H and O–H groups in total. The molecule has 1 aromatic carbocycles. The second-order valence-electron chi connectivity index (χ2n) is 4.95. The smallest absolute Gasteiger partial charge is 0.250 e. The van der Waals surface area contributed by atoms with Crippen LogP contribution in [0, 0.1) is 5.92 Å². The van der Waals surface area contributed by atoms with Crippen LogP contribution in [0.2, 0.25) is 0 Å². The van der Waals surface area contributed by atoms with Crippen LogP contribution < -0.4 is 16.4 Å². The minimum Gasteiger partial charge on any atom is -0.370 e. The summed E-state index contributed by atoms with van der Waals surface area (Å²) in [5.74, 6) is 0.119. The Labute approximate surface area is 108 Å². The Morgan fingerprint density at radius 3 is 2.83 bits per heavy atom. The molecule has 2 atom stereocenters. The third kappa shape index (κ3) is 2.48. The van der Waals surface area contributed by atoms with Gasteiger partial charge in [-0.25, -0.2) is 0 Å². The van der Waals surface area contributed by atoms with Gasteiger partial charge in [0.2, 0.25) is 0 Å². The number of para-hydroxylation sites is 1. The van der Waals surface area contributed by atoms with Gasteiger partial charge in [-0.2, -0.15) is 0 Å². The van der Waals surface area contributed by atoms with E-state index in [1.54, 1.807) is 6.07 Å². The van der Waals surface area contributed by atoms with Crippen LogP contribution in [0.15, 0.2) is 24.3 Å². The lowest BCUT2D eigenvalue weighted by Gasteiger charge is -2.38. The molecule has 4 nitrogen and oxygen atoms in total. The molecule has 18 heavy (non-hydrogen) atoms. The molecule has 1 aromatic rings. The van der Waals surface area contributed by atoms with E-state index < -0.39 is 0 Å². The molecule has 0 spiro atoms. The number of benzene rings is 1. The van der Waals surface area contributed by atoms with Crippen molar-refractivity contribution in [3.05, 3.63) is 29.8 Å². The summed E-state index contributed by atoms with van der Waals surface area (Å²) in [7, 11) is 0. The molecular formula is C14H21N3O. The van der Waals surface area contributed by atoms with Crippen molar-refractivity contribution in [3.63, 3.8) is 0 Å². The van der Waals surface area contributed by atoms with Crippen molar-refractivity contribution in [2.75, 3.05) is 18.0 Å². The minimum absolute atomic E-state index is 0.270. The lowest BCUT2D eigenvalue weighted by Crippen LogP contribution is -2.47. The Hall–Kier alpha value is -1.55. The van der Waals surface area contributed by atoms with Crippen molar-refractivity contribution in [2.45, 2.75) is 25.8 Å². The van der Waals surface area contributed by atoms with Crippen molar-refractivity contribution in [2.24, 2.45) is 17.4 Å².